The van der Waals surface area contributed by atoms with Gasteiger partial charge in [0.15, 0.2) is 0 Å². The number of aromatic nitrogens is 3. The van der Waals surface area contributed by atoms with Crippen LogP contribution in [-0.2, 0) is 4.79 Å². The Bertz CT molecular complexity index is 843. The molecule has 27 heavy (non-hydrogen) atoms. The number of nitrogens with zero attached hydrogens (tertiary/aromatic N) is 3. The maximum atomic E-state index is 12.9. The van der Waals surface area contributed by atoms with Crippen LogP contribution in [0.2, 0.25) is 0 Å². The van der Waals surface area contributed by atoms with E-state index >= 15 is 0 Å². The molecule has 4 rings (SSSR count). The molecule has 1 N–H and O–H groups in total. The van der Waals surface area contributed by atoms with Gasteiger partial charge in [0.2, 0.25) is 5.91 Å². The fraction of sp³-hybridized carbons (Fsp3) is 0.524. The molecule has 1 atom stereocenters. The van der Waals surface area contributed by atoms with Gasteiger partial charge in [-0.2, -0.15) is 0 Å². The van der Waals surface area contributed by atoms with E-state index in [1.54, 1.807) is 12.4 Å². The number of pyridine rings is 1. The van der Waals surface area contributed by atoms with Crippen LogP contribution in [0.1, 0.15) is 56.7 Å². The first kappa shape index (κ1) is 17.9. The molecule has 1 aliphatic carbocycles. The second-order valence-corrected chi connectivity index (χ2v) is 7.71. The highest BCUT2D eigenvalue weighted by Gasteiger charge is 2.31. The Morgan fingerprint density at radius 3 is 2.63 bits per heavy atom. The summed E-state index contributed by atoms with van der Waals surface area (Å²) in [7, 11) is 0. The third kappa shape index (κ3) is 4.10. The molecular formula is C21H26N4O2. The highest BCUT2D eigenvalue weighted by Crippen LogP contribution is 2.30. The summed E-state index contributed by atoms with van der Waals surface area (Å²) in [5.41, 5.74) is 1.39. The first-order valence-electron chi connectivity index (χ1n) is 10.0. The molecule has 0 radical (unpaired) electrons. The smallest absolute Gasteiger partial charge is 0.251 e. The van der Waals surface area contributed by atoms with Crippen LogP contribution in [0.4, 0.5) is 0 Å². The van der Waals surface area contributed by atoms with Gasteiger partial charge in [-0.3, -0.25) is 14.6 Å². The molecule has 1 aliphatic heterocycles. The Labute approximate surface area is 159 Å². The van der Waals surface area contributed by atoms with Crippen LogP contribution in [0.25, 0.3) is 11.3 Å². The highest BCUT2D eigenvalue weighted by atomic mass is 16.2. The number of amides is 1. The predicted molar refractivity (Wildman–Crippen MR) is 103 cm³/mol. The molecule has 2 aromatic heterocycles. The number of carbonyl (C=O) groups is 1. The van der Waals surface area contributed by atoms with Crippen molar-refractivity contribution in [3.05, 3.63) is 46.8 Å². The van der Waals surface area contributed by atoms with Gasteiger partial charge in [-0.25, -0.2) is 4.98 Å². The zero-order valence-corrected chi connectivity index (χ0v) is 15.6. The Morgan fingerprint density at radius 2 is 1.85 bits per heavy atom. The van der Waals surface area contributed by atoms with Crippen molar-refractivity contribution in [3.8, 4) is 11.3 Å². The van der Waals surface area contributed by atoms with E-state index in [0.29, 0.717) is 24.0 Å². The zero-order valence-electron chi connectivity index (χ0n) is 15.6. The van der Waals surface area contributed by atoms with Crippen LogP contribution in [0, 0.1) is 5.92 Å². The van der Waals surface area contributed by atoms with E-state index in [1.165, 1.54) is 12.5 Å². The van der Waals surface area contributed by atoms with Gasteiger partial charge in [0.1, 0.15) is 5.82 Å². The van der Waals surface area contributed by atoms with Crippen molar-refractivity contribution in [2.24, 2.45) is 5.92 Å². The lowest BCUT2D eigenvalue weighted by atomic mass is 9.87. The SMILES string of the molecule is O=C(C1CCCCC1)N1CCCC(c2nc(-c3ccncc3)cc(=O)[nH]2)C1. The summed E-state index contributed by atoms with van der Waals surface area (Å²) in [6, 6.07) is 5.23. The number of likely N-dealkylation sites (tertiary alicyclic amines) is 1. The standard InChI is InChI=1S/C21H26N4O2/c26-19-13-18(15-8-10-22-11-9-15)23-20(24-19)17-7-4-12-25(14-17)21(27)16-5-2-1-3-6-16/h8-11,13,16-17H,1-7,12,14H2,(H,23,24,26). The van der Waals surface area contributed by atoms with E-state index in [0.717, 1.165) is 50.6 Å². The highest BCUT2D eigenvalue weighted by molar-refractivity contribution is 5.79. The quantitative estimate of drug-likeness (QED) is 0.905. The number of piperidine rings is 1. The van der Waals surface area contributed by atoms with Crippen LogP contribution in [0.15, 0.2) is 35.4 Å². The molecule has 1 saturated heterocycles. The van der Waals surface area contributed by atoms with Crippen molar-refractivity contribution in [2.75, 3.05) is 13.1 Å². The predicted octanol–water partition coefficient (Wildman–Crippen LogP) is 3.12. The monoisotopic (exact) mass is 366 g/mol. The van der Waals surface area contributed by atoms with Gasteiger partial charge in [0, 0.05) is 48.9 Å². The fourth-order valence-electron chi connectivity index (χ4n) is 4.35. The summed E-state index contributed by atoms with van der Waals surface area (Å²) in [6.45, 7) is 1.47. The first-order valence-corrected chi connectivity index (χ1v) is 10.0. The maximum Gasteiger partial charge on any atom is 0.251 e. The lowest BCUT2D eigenvalue weighted by Gasteiger charge is -2.35. The Hall–Kier alpha value is -2.50. The van der Waals surface area contributed by atoms with E-state index in [9.17, 15) is 9.59 Å². The van der Waals surface area contributed by atoms with Crippen LogP contribution in [0.3, 0.4) is 0 Å². The molecule has 2 fully saturated rings. The summed E-state index contributed by atoms with van der Waals surface area (Å²) < 4.78 is 0. The van der Waals surface area contributed by atoms with Crippen molar-refractivity contribution >= 4 is 5.91 Å². The Kier molecular flexibility index (Phi) is 5.32. The van der Waals surface area contributed by atoms with E-state index in [-0.39, 0.29) is 17.4 Å². The van der Waals surface area contributed by atoms with E-state index < -0.39 is 0 Å². The average Bonchev–Trinajstić information content (AvgIpc) is 2.74. The molecule has 0 bridgehead atoms. The van der Waals surface area contributed by atoms with Gasteiger partial charge < -0.3 is 9.88 Å². The maximum absolute atomic E-state index is 12.9. The lowest BCUT2D eigenvalue weighted by Crippen LogP contribution is -2.43. The molecule has 6 heteroatoms. The molecule has 2 aromatic rings. The number of hydrogen-bond acceptors (Lipinski definition) is 4. The van der Waals surface area contributed by atoms with Crippen LogP contribution >= 0.6 is 0 Å². The molecule has 142 valence electrons. The van der Waals surface area contributed by atoms with Gasteiger partial charge in [-0.05, 0) is 37.8 Å². The van der Waals surface area contributed by atoms with Gasteiger partial charge in [0.05, 0.1) is 5.69 Å². The number of aromatic amines is 1. The van der Waals surface area contributed by atoms with Crippen molar-refractivity contribution in [1.82, 2.24) is 19.9 Å². The minimum atomic E-state index is -0.150. The summed E-state index contributed by atoms with van der Waals surface area (Å²) in [5, 5.41) is 0. The van der Waals surface area contributed by atoms with Crippen molar-refractivity contribution < 1.29 is 4.79 Å². The number of H-pyrrole nitrogens is 1. The van der Waals surface area contributed by atoms with Gasteiger partial charge in [0.25, 0.3) is 5.56 Å². The van der Waals surface area contributed by atoms with Gasteiger partial charge >= 0.3 is 0 Å². The molecule has 1 amide bonds. The minimum absolute atomic E-state index is 0.0841. The second kappa shape index (κ2) is 8.03. The van der Waals surface area contributed by atoms with Gasteiger partial charge in [-0.1, -0.05) is 19.3 Å². The molecule has 2 aliphatic rings. The molecule has 1 saturated carbocycles. The van der Waals surface area contributed by atoms with Crippen molar-refractivity contribution in [2.45, 2.75) is 50.9 Å². The summed E-state index contributed by atoms with van der Waals surface area (Å²) in [6.07, 6.45) is 10.9. The molecule has 6 nitrogen and oxygen atoms in total. The van der Waals surface area contributed by atoms with E-state index in [1.807, 2.05) is 17.0 Å². The van der Waals surface area contributed by atoms with Gasteiger partial charge in [-0.15, -0.1) is 0 Å². The molecule has 0 spiro atoms. The van der Waals surface area contributed by atoms with Crippen LogP contribution in [0.5, 0.6) is 0 Å². The van der Waals surface area contributed by atoms with Crippen LogP contribution < -0.4 is 5.56 Å². The molecule has 1 unspecified atom stereocenters. The average molecular weight is 366 g/mol. The summed E-state index contributed by atoms with van der Waals surface area (Å²) in [4.78, 5) is 38.8. The topological polar surface area (TPSA) is 79.0 Å². The largest absolute Gasteiger partial charge is 0.342 e. The van der Waals surface area contributed by atoms with E-state index in [4.69, 9.17) is 4.98 Å². The summed E-state index contributed by atoms with van der Waals surface area (Å²) >= 11 is 0. The molecular weight excluding hydrogens is 340 g/mol. The minimum Gasteiger partial charge on any atom is -0.342 e. The number of rotatable bonds is 3. The second-order valence-electron chi connectivity index (χ2n) is 7.71. The van der Waals surface area contributed by atoms with Crippen LogP contribution in [-0.4, -0.2) is 38.8 Å². The fourth-order valence-corrected chi connectivity index (χ4v) is 4.35. The Balaban J connectivity index is 1.53. The third-order valence-electron chi connectivity index (χ3n) is 5.81. The molecule has 0 aromatic carbocycles. The zero-order chi connectivity index (χ0) is 18.6. The summed E-state index contributed by atoms with van der Waals surface area (Å²) in [5.74, 6) is 1.26. The number of nitrogens with one attached hydrogen (secondary N) is 1. The Morgan fingerprint density at radius 1 is 1.07 bits per heavy atom. The van der Waals surface area contributed by atoms with Crippen molar-refractivity contribution in [3.63, 3.8) is 0 Å². The first-order chi connectivity index (χ1) is 13.2. The molecule has 3 heterocycles. The number of hydrogen-bond donors (Lipinski definition) is 1. The lowest BCUT2D eigenvalue weighted by molar-refractivity contribution is -0.137. The normalized spacial score (nSPS) is 21.2. The number of carbonyl (C=O) groups excluding carboxylic acids is 1. The van der Waals surface area contributed by atoms with Crippen molar-refractivity contribution in [1.29, 1.82) is 0 Å². The van der Waals surface area contributed by atoms with E-state index in [2.05, 4.69) is 9.97 Å². The third-order valence-corrected chi connectivity index (χ3v) is 5.81.